The number of ether oxygens (including phenoxy) is 1. The van der Waals surface area contributed by atoms with Crippen LogP contribution < -0.4 is 4.74 Å². The lowest BCUT2D eigenvalue weighted by Gasteiger charge is -2.25. The minimum absolute atomic E-state index is 0.132. The third-order valence-electron chi connectivity index (χ3n) is 4.77. The first kappa shape index (κ1) is 18.7. The Hall–Kier alpha value is -3.08. The maximum atomic E-state index is 12.8. The van der Waals surface area contributed by atoms with Crippen LogP contribution in [0.2, 0.25) is 0 Å². The number of likely N-dealkylation sites (tertiary alicyclic amines) is 1. The van der Waals surface area contributed by atoms with Crippen molar-refractivity contribution < 1.29 is 19.4 Å². The number of Topliss-reactive ketones (excluding diaryl/α,β-unsaturated/α-hetero) is 1. The van der Waals surface area contributed by atoms with Crippen molar-refractivity contribution in [2.45, 2.75) is 25.8 Å². The van der Waals surface area contributed by atoms with E-state index in [-0.39, 0.29) is 11.3 Å². The Balaban J connectivity index is 2.11. The van der Waals surface area contributed by atoms with Crippen LogP contribution in [0.5, 0.6) is 5.75 Å². The topological polar surface area (TPSA) is 66.8 Å². The van der Waals surface area contributed by atoms with Crippen LogP contribution in [-0.2, 0) is 9.59 Å². The zero-order chi connectivity index (χ0) is 19.4. The molecular weight excluding hydrogens is 342 g/mol. The van der Waals surface area contributed by atoms with Crippen molar-refractivity contribution in [2.75, 3.05) is 13.7 Å². The standard InChI is InChI=1S/C22H23NO4/c1-3-4-14-23-19(15-8-6-5-7-9-15)18(21(25)22(23)26)20(24)16-10-12-17(27-2)13-11-16/h5-13,19,24H,3-4,14H2,1-2H3/b20-18+/t19-/m1/s1. The molecule has 1 fully saturated rings. The highest BCUT2D eigenvalue weighted by molar-refractivity contribution is 6.46. The number of nitrogens with zero attached hydrogens (tertiary/aromatic N) is 1. The van der Waals surface area contributed by atoms with Gasteiger partial charge >= 0.3 is 0 Å². The molecule has 0 unspecified atom stereocenters. The molecule has 1 atom stereocenters. The van der Waals surface area contributed by atoms with Crippen molar-refractivity contribution in [3.8, 4) is 5.75 Å². The number of carbonyl (C=O) groups is 2. The summed E-state index contributed by atoms with van der Waals surface area (Å²) < 4.78 is 5.14. The molecule has 1 amide bonds. The van der Waals surface area contributed by atoms with Gasteiger partial charge in [-0.2, -0.15) is 0 Å². The van der Waals surface area contributed by atoms with Crippen molar-refractivity contribution in [1.29, 1.82) is 0 Å². The van der Waals surface area contributed by atoms with Crippen LogP contribution in [0.4, 0.5) is 0 Å². The number of ketones is 1. The molecule has 1 aliphatic heterocycles. The van der Waals surface area contributed by atoms with Crippen LogP contribution in [0.25, 0.3) is 5.76 Å². The number of unbranched alkanes of at least 4 members (excludes halogenated alkanes) is 1. The molecule has 0 spiro atoms. The molecule has 5 nitrogen and oxygen atoms in total. The zero-order valence-corrected chi connectivity index (χ0v) is 15.5. The van der Waals surface area contributed by atoms with E-state index in [4.69, 9.17) is 4.74 Å². The maximum Gasteiger partial charge on any atom is 0.295 e. The highest BCUT2D eigenvalue weighted by atomic mass is 16.5. The third kappa shape index (κ3) is 3.58. The molecule has 0 aliphatic carbocycles. The summed E-state index contributed by atoms with van der Waals surface area (Å²) in [7, 11) is 1.56. The van der Waals surface area contributed by atoms with Crippen LogP contribution in [-0.4, -0.2) is 35.4 Å². The van der Waals surface area contributed by atoms with Crippen LogP contribution in [0.1, 0.15) is 36.9 Å². The first-order valence-electron chi connectivity index (χ1n) is 9.06. The van der Waals surface area contributed by atoms with Gasteiger partial charge in [0.15, 0.2) is 0 Å². The fourth-order valence-corrected chi connectivity index (χ4v) is 3.33. The predicted octanol–water partition coefficient (Wildman–Crippen LogP) is 3.92. The van der Waals surface area contributed by atoms with E-state index in [1.54, 1.807) is 36.3 Å². The van der Waals surface area contributed by atoms with E-state index in [2.05, 4.69) is 0 Å². The van der Waals surface area contributed by atoms with Gasteiger partial charge in [0, 0.05) is 12.1 Å². The number of aliphatic hydroxyl groups is 1. The molecule has 0 aromatic heterocycles. The second-order valence-electron chi connectivity index (χ2n) is 6.49. The van der Waals surface area contributed by atoms with E-state index < -0.39 is 17.7 Å². The lowest BCUT2D eigenvalue weighted by atomic mass is 9.95. The van der Waals surface area contributed by atoms with E-state index in [0.717, 1.165) is 18.4 Å². The zero-order valence-electron chi connectivity index (χ0n) is 15.5. The van der Waals surface area contributed by atoms with Gasteiger partial charge in [-0.05, 0) is 36.2 Å². The minimum Gasteiger partial charge on any atom is -0.507 e. The first-order chi connectivity index (χ1) is 13.1. The van der Waals surface area contributed by atoms with Crippen molar-refractivity contribution in [3.63, 3.8) is 0 Å². The second kappa shape index (κ2) is 8.08. The molecule has 2 aromatic carbocycles. The summed E-state index contributed by atoms with van der Waals surface area (Å²) in [4.78, 5) is 27.0. The van der Waals surface area contributed by atoms with Crippen LogP contribution in [0, 0.1) is 0 Å². The molecule has 0 saturated carbocycles. The average molecular weight is 365 g/mol. The van der Waals surface area contributed by atoms with Crippen molar-refractivity contribution in [1.82, 2.24) is 4.90 Å². The summed E-state index contributed by atoms with van der Waals surface area (Å²) in [5.41, 5.74) is 1.42. The van der Waals surface area contributed by atoms with Gasteiger partial charge in [-0.25, -0.2) is 0 Å². The Morgan fingerprint density at radius 3 is 2.33 bits per heavy atom. The Bertz CT molecular complexity index is 856. The van der Waals surface area contributed by atoms with Crippen LogP contribution in [0.15, 0.2) is 60.2 Å². The van der Waals surface area contributed by atoms with Crippen molar-refractivity contribution >= 4 is 17.4 Å². The van der Waals surface area contributed by atoms with Gasteiger partial charge in [0.1, 0.15) is 11.5 Å². The number of hydrogen-bond donors (Lipinski definition) is 1. The number of benzene rings is 2. The molecule has 1 heterocycles. The van der Waals surface area contributed by atoms with Gasteiger partial charge in [0.2, 0.25) is 0 Å². The molecule has 0 radical (unpaired) electrons. The summed E-state index contributed by atoms with van der Waals surface area (Å²) in [6.45, 7) is 2.51. The molecule has 1 aliphatic rings. The van der Waals surface area contributed by atoms with Gasteiger partial charge in [0.05, 0.1) is 18.7 Å². The highest BCUT2D eigenvalue weighted by Gasteiger charge is 2.45. The Morgan fingerprint density at radius 2 is 1.74 bits per heavy atom. The number of rotatable bonds is 6. The summed E-state index contributed by atoms with van der Waals surface area (Å²) >= 11 is 0. The van der Waals surface area contributed by atoms with E-state index in [0.29, 0.717) is 17.9 Å². The minimum atomic E-state index is -0.645. The fourth-order valence-electron chi connectivity index (χ4n) is 3.33. The Labute approximate surface area is 158 Å². The van der Waals surface area contributed by atoms with Gasteiger partial charge in [-0.1, -0.05) is 43.7 Å². The molecule has 5 heteroatoms. The molecule has 1 N–H and O–H groups in total. The molecule has 2 aromatic rings. The second-order valence-corrected chi connectivity index (χ2v) is 6.49. The number of aliphatic hydroxyl groups excluding tert-OH is 1. The number of methoxy groups -OCH3 is 1. The molecule has 140 valence electrons. The average Bonchev–Trinajstić information content (AvgIpc) is 2.97. The van der Waals surface area contributed by atoms with Crippen LogP contribution >= 0.6 is 0 Å². The lowest BCUT2D eigenvalue weighted by molar-refractivity contribution is -0.139. The van der Waals surface area contributed by atoms with Crippen LogP contribution in [0.3, 0.4) is 0 Å². The number of amides is 1. The van der Waals surface area contributed by atoms with E-state index >= 15 is 0 Å². The summed E-state index contributed by atoms with van der Waals surface area (Å²) in [6, 6.07) is 15.5. The van der Waals surface area contributed by atoms with E-state index in [1.165, 1.54) is 0 Å². The highest BCUT2D eigenvalue weighted by Crippen LogP contribution is 2.39. The molecule has 3 rings (SSSR count). The van der Waals surface area contributed by atoms with E-state index in [9.17, 15) is 14.7 Å². The van der Waals surface area contributed by atoms with Gasteiger partial charge in [-0.15, -0.1) is 0 Å². The van der Waals surface area contributed by atoms with Gasteiger partial charge in [-0.3, -0.25) is 9.59 Å². The Morgan fingerprint density at radius 1 is 1.07 bits per heavy atom. The van der Waals surface area contributed by atoms with Crippen molar-refractivity contribution in [2.24, 2.45) is 0 Å². The lowest BCUT2D eigenvalue weighted by Crippen LogP contribution is -2.30. The van der Waals surface area contributed by atoms with Crippen molar-refractivity contribution in [3.05, 3.63) is 71.3 Å². The SMILES string of the molecule is CCCCN1C(=O)C(=O)/C(=C(/O)c2ccc(OC)cc2)[C@H]1c1ccccc1. The maximum absolute atomic E-state index is 12.8. The quantitative estimate of drug-likeness (QED) is 0.479. The predicted molar refractivity (Wildman–Crippen MR) is 103 cm³/mol. The number of hydrogen-bond acceptors (Lipinski definition) is 4. The van der Waals surface area contributed by atoms with Gasteiger partial charge < -0.3 is 14.7 Å². The third-order valence-corrected chi connectivity index (χ3v) is 4.77. The molecule has 1 saturated heterocycles. The summed E-state index contributed by atoms with van der Waals surface area (Å²) in [5, 5.41) is 10.9. The summed E-state index contributed by atoms with van der Waals surface area (Å²) in [5.74, 6) is -0.723. The number of carbonyl (C=O) groups excluding carboxylic acids is 2. The summed E-state index contributed by atoms with van der Waals surface area (Å²) in [6.07, 6.45) is 1.70. The molecule has 27 heavy (non-hydrogen) atoms. The van der Waals surface area contributed by atoms with Gasteiger partial charge in [0.25, 0.3) is 11.7 Å². The largest absolute Gasteiger partial charge is 0.507 e. The van der Waals surface area contributed by atoms with E-state index in [1.807, 2.05) is 37.3 Å². The Kier molecular flexibility index (Phi) is 5.60. The molecular formula is C22H23NO4. The normalized spacial score (nSPS) is 18.7. The smallest absolute Gasteiger partial charge is 0.295 e. The molecule has 0 bridgehead atoms. The fraction of sp³-hybridized carbons (Fsp3) is 0.273. The monoisotopic (exact) mass is 365 g/mol. The first-order valence-corrected chi connectivity index (χ1v) is 9.06.